The third-order valence-corrected chi connectivity index (χ3v) is 3.02. The largest absolute Gasteiger partial charge is 0.395 e. The average Bonchev–Trinajstić information content (AvgIpc) is 2.96. The predicted molar refractivity (Wildman–Crippen MR) is 54.2 cm³/mol. The number of hydrogen-bond acceptors (Lipinski definition) is 4. The second kappa shape index (κ2) is 4.47. The summed E-state index contributed by atoms with van der Waals surface area (Å²) in [6.07, 6.45) is 2.17. The smallest absolute Gasteiger partial charge is 0.240 e. The van der Waals surface area contributed by atoms with Gasteiger partial charge in [-0.15, -0.1) is 0 Å². The number of carbonyl (C=O) groups is 1. The quantitative estimate of drug-likeness (QED) is 0.543. The summed E-state index contributed by atoms with van der Waals surface area (Å²) in [6, 6.07) is 0.0661. The van der Waals surface area contributed by atoms with Gasteiger partial charge in [0.15, 0.2) is 0 Å². The molecule has 2 aliphatic rings. The summed E-state index contributed by atoms with van der Waals surface area (Å²) in [6.45, 7) is 0.920. The van der Waals surface area contributed by atoms with E-state index < -0.39 is 6.10 Å². The second-order valence-electron chi connectivity index (χ2n) is 4.34. The Bertz CT molecular complexity index is 243. The number of rotatable bonds is 4. The molecule has 2 fully saturated rings. The van der Waals surface area contributed by atoms with E-state index in [4.69, 9.17) is 5.11 Å². The first-order valence-corrected chi connectivity index (χ1v) is 5.55. The summed E-state index contributed by atoms with van der Waals surface area (Å²) in [5, 5.41) is 21.2. The van der Waals surface area contributed by atoms with Crippen LogP contribution in [0.4, 0.5) is 0 Å². The van der Waals surface area contributed by atoms with E-state index in [2.05, 4.69) is 5.32 Å². The third kappa shape index (κ3) is 2.48. The Morgan fingerprint density at radius 1 is 1.47 bits per heavy atom. The molecule has 15 heavy (non-hydrogen) atoms. The van der Waals surface area contributed by atoms with Gasteiger partial charge in [-0.25, -0.2) is 0 Å². The molecule has 0 bridgehead atoms. The standard InChI is InChI=1S/C10H18N2O3/c13-4-3-12(7-1-2-7)10(15)9-5-8(14)6-11-9/h7-9,11,13-14H,1-6H2. The maximum Gasteiger partial charge on any atom is 0.240 e. The van der Waals surface area contributed by atoms with Crippen LogP contribution in [0.25, 0.3) is 0 Å². The highest BCUT2D eigenvalue weighted by molar-refractivity contribution is 5.83. The van der Waals surface area contributed by atoms with Crippen molar-refractivity contribution in [2.75, 3.05) is 19.7 Å². The third-order valence-electron chi connectivity index (χ3n) is 3.02. The fourth-order valence-electron chi connectivity index (χ4n) is 2.07. The molecule has 1 aliphatic carbocycles. The molecule has 2 unspecified atom stereocenters. The Kier molecular flexibility index (Phi) is 3.23. The number of nitrogens with zero attached hydrogens (tertiary/aromatic N) is 1. The SMILES string of the molecule is O=C(C1CC(O)CN1)N(CCO)C1CC1. The molecular formula is C10H18N2O3. The molecule has 1 aliphatic heterocycles. The lowest BCUT2D eigenvalue weighted by atomic mass is 10.2. The van der Waals surface area contributed by atoms with Gasteiger partial charge in [0.05, 0.1) is 18.8 Å². The average molecular weight is 214 g/mol. The molecule has 0 aromatic carbocycles. The van der Waals surface area contributed by atoms with Crippen LogP contribution in [0.2, 0.25) is 0 Å². The van der Waals surface area contributed by atoms with Crippen LogP contribution in [0.3, 0.4) is 0 Å². The first-order chi connectivity index (χ1) is 7.22. The van der Waals surface area contributed by atoms with Gasteiger partial charge in [-0.1, -0.05) is 0 Å². The van der Waals surface area contributed by atoms with Crippen LogP contribution in [0.1, 0.15) is 19.3 Å². The molecular weight excluding hydrogens is 196 g/mol. The van der Waals surface area contributed by atoms with E-state index >= 15 is 0 Å². The lowest BCUT2D eigenvalue weighted by Crippen LogP contribution is -2.45. The fraction of sp³-hybridized carbons (Fsp3) is 0.900. The van der Waals surface area contributed by atoms with Crippen molar-refractivity contribution >= 4 is 5.91 Å². The maximum atomic E-state index is 12.0. The maximum absolute atomic E-state index is 12.0. The Labute approximate surface area is 89.1 Å². The molecule has 0 aromatic rings. The molecule has 1 heterocycles. The van der Waals surface area contributed by atoms with E-state index in [1.54, 1.807) is 4.90 Å². The topological polar surface area (TPSA) is 72.8 Å². The molecule has 3 N–H and O–H groups in total. The zero-order valence-electron chi connectivity index (χ0n) is 8.72. The first-order valence-electron chi connectivity index (χ1n) is 5.55. The van der Waals surface area contributed by atoms with E-state index in [1.807, 2.05) is 0 Å². The van der Waals surface area contributed by atoms with Gasteiger partial charge in [0.25, 0.3) is 0 Å². The minimum atomic E-state index is -0.408. The lowest BCUT2D eigenvalue weighted by molar-refractivity contribution is -0.134. The van der Waals surface area contributed by atoms with Crippen molar-refractivity contribution in [2.24, 2.45) is 0 Å². The Morgan fingerprint density at radius 2 is 2.20 bits per heavy atom. The summed E-state index contributed by atoms with van der Waals surface area (Å²) in [5.74, 6) is 0.0306. The zero-order valence-corrected chi connectivity index (χ0v) is 8.72. The summed E-state index contributed by atoms with van der Waals surface area (Å²) in [4.78, 5) is 13.7. The van der Waals surface area contributed by atoms with Gasteiger partial charge < -0.3 is 20.4 Å². The van der Waals surface area contributed by atoms with Gasteiger partial charge in [0, 0.05) is 19.1 Å². The number of amides is 1. The van der Waals surface area contributed by atoms with E-state index in [0.29, 0.717) is 25.6 Å². The minimum absolute atomic E-state index is 0.0114. The van der Waals surface area contributed by atoms with Crippen molar-refractivity contribution in [1.82, 2.24) is 10.2 Å². The second-order valence-corrected chi connectivity index (χ2v) is 4.34. The van der Waals surface area contributed by atoms with Crippen molar-refractivity contribution in [3.63, 3.8) is 0 Å². The molecule has 1 saturated carbocycles. The van der Waals surface area contributed by atoms with E-state index in [0.717, 1.165) is 12.8 Å². The number of carbonyl (C=O) groups excluding carboxylic acids is 1. The van der Waals surface area contributed by atoms with Crippen LogP contribution in [-0.2, 0) is 4.79 Å². The highest BCUT2D eigenvalue weighted by Crippen LogP contribution is 2.27. The summed E-state index contributed by atoms with van der Waals surface area (Å²) >= 11 is 0. The molecule has 0 spiro atoms. The van der Waals surface area contributed by atoms with Gasteiger partial charge >= 0.3 is 0 Å². The molecule has 86 valence electrons. The van der Waals surface area contributed by atoms with Gasteiger partial charge in [-0.2, -0.15) is 0 Å². The van der Waals surface area contributed by atoms with Crippen molar-refractivity contribution in [2.45, 2.75) is 37.5 Å². The van der Waals surface area contributed by atoms with Crippen LogP contribution in [0, 0.1) is 0 Å². The Morgan fingerprint density at radius 3 is 2.67 bits per heavy atom. The number of β-amino-alcohol motifs (C(OH)–C–C–N with tert-alkyl or cyclic N) is 1. The first kappa shape index (κ1) is 10.9. The Balaban J connectivity index is 1.91. The number of aliphatic hydroxyl groups is 2. The molecule has 2 atom stereocenters. The molecule has 0 radical (unpaired) electrons. The number of aliphatic hydroxyl groups excluding tert-OH is 2. The minimum Gasteiger partial charge on any atom is -0.395 e. The van der Waals surface area contributed by atoms with Crippen molar-refractivity contribution in [3.05, 3.63) is 0 Å². The molecule has 5 heteroatoms. The lowest BCUT2D eigenvalue weighted by Gasteiger charge is -2.24. The molecule has 0 aromatic heterocycles. The number of hydrogen-bond donors (Lipinski definition) is 3. The monoisotopic (exact) mass is 214 g/mol. The van der Waals surface area contributed by atoms with E-state index in [-0.39, 0.29) is 18.6 Å². The summed E-state index contributed by atoms with van der Waals surface area (Å²) in [7, 11) is 0. The van der Waals surface area contributed by atoms with Gasteiger partial charge in [-0.3, -0.25) is 4.79 Å². The fourth-order valence-corrected chi connectivity index (χ4v) is 2.07. The predicted octanol–water partition coefficient (Wildman–Crippen LogP) is -1.31. The van der Waals surface area contributed by atoms with E-state index in [9.17, 15) is 9.90 Å². The summed E-state index contributed by atoms with van der Waals surface area (Å²) in [5.41, 5.74) is 0. The van der Waals surface area contributed by atoms with Gasteiger partial charge in [0.2, 0.25) is 5.91 Å². The van der Waals surface area contributed by atoms with Gasteiger partial charge in [0.1, 0.15) is 0 Å². The highest BCUT2D eigenvalue weighted by atomic mass is 16.3. The molecule has 1 amide bonds. The normalized spacial score (nSPS) is 30.5. The zero-order chi connectivity index (χ0) is 10.8. The van der Waals surface area contributed by atoms with Crippen molar-refractivity contribution in [3.8, 4) is 0 Å². The van der Waals surface area contributed by atoms with E-state index in [1.165, 1.54) is 0 Å². The summed E-state index contributed by atoms with van der Waals surface area (Å²) < 4.78 is 0. The van der Waals surface area contributed by atoms with Crippen LogP contribution >= 0.6 is 0 Å². The van der Waals surface area contributed by atoms with Crippen LogP contribution in [0.15, 0.2) is 0 Å². The van der Waals surface area contributed by atoms with Crippen molar-refractivity contribution in [1.29, 1.82) is 0 Å². The van der Waals surface area contributed by atoms with Crippen LogP contribution in [0.5, 0.6) is 0 Å². The highest BCUT2D eigenvalue weighted by Gasteiger charge is 2.37. The number of nitrogens with one attached hydrogen (secondary N) is 1. The molecule has 1 saturated heterocycles. The molecule has 5 nitrogen and oxygen atoms in total. The van der Waals surface area contributed by atoms with Crippen LogP contribution < -0.4 is 5.32 Å². The van der Waals surface area contributed by atoms with Crippen LogP contribution in [-0.4, -0.2) is 58.9 Å². The molecule has 2 rings (SSSR count). The Hall–Kier alpha value is -0.650. The van der Waals surface area contributed by atoms with Gasteiger partial charge in [-0.05, 0) is 19.3 Å². The van der Waals surface area contributed by atoms with Crippen molar-refractivity contribution < 1.29 is 15.0 Å².